The average molecular weight is 350 g/mol. The van der Waals surface area contributed by atoms with Crippen LogP contribution in [0.4, 0.5) is 0 Å². The number of aryl methyl sites for hydroxylation is 1. The summed E-state index contributed by atoms with van der Waals surface area (Å²) < 4.78 is 10.7. The summed E-state index contributed by atoms with van der Waals surface area (Å²) in [5.74, 6) is 1.76. The Kier molecular flexibility index (Phi) is 4.15. The number of carbonyl (C=O) groups is 1. The third-order valence-corrected chi connectivity index (χ3v) is 5.31. The summed E-state index contributed by atoms with van der Waals surface area (Å²) in [5, 5.41) is 6.38. The molecule has 1 aliphatic heterocycles. The molecule has 1 aliphatic carbocycles. The van der Waals surface area contributed by atoms with Gasteiger partial charge in [-0.1, -0.05) is 18.2 Å². The van der Waals surface area contributed by atoms with Crippen LogP contribution in [0.3, 0.4) is 0 Å². The van der Waals surface area contributed by atoms with E-state index in [0.29, 0.717) is 0 Å². The fourth-order valence-corrected chi connectivity index (χ4v) is 4.01. The van der Waals surface area contributed by atoms with Gasteiger partial charge in [-0.2, -0.15) is 5.10 Å². The quantitative estimate of drug-likeness (QED) is 0.850. The van der Waals surface area contributed by atoms with Crippen LogP contribution in [0.2, 0.25) is 0 Å². The first-order valence-corrected chi connectivity index (χ1v) is 8.82. The van der Waals surface area contributed by atoms with Crippen molar-refractivity contribution in [2.45, 2.75) is 25.8 Å². The van der Waals surface area contributed by atoms with Gasteiger partial charge in [0, 0.05) is 18.4 Å². The molecule has 0 saturated heterocycles. The molecule has 2 aliphatic rings. The Labute approximate surface area is 153 Å². The van der Waals surface area contributed by atoms with Gasteiger partial charge in [0.05, 0.1) is 26.0 Å². The summed E-state index contributed by atoms with van der Waals surface area (Å²) in [7, 11) is 3.32. The van der Waals surface area contributed by atoms with Gasteiger partial charge < -0.3 is 9.47 Å². The highest BCUT2D eigenvalue weighted by atomic mass is 16.5. The molecule has 0 bridgehead atoms. The number of hydrogen-bond acceptors (Lipinski definition) is 4. The summed E-state index contributed by atoms with van der Waals surface area (Å²) in [6.45, 7) is 1.57. The standard InChI is InChI=1S/C21H22N2O3/c1-13(24)23-21(15-5-8-16(25-2)9-6-15)18-11-7-14-4-10-17(26-3)12-19(14)20(18)22-23/h4-6,8-10,12,18,21H,7,11H2,1-3H3/t18-,21?/m1/s1. The molecule has 0 fully saturated rings. The van der Waals surface area contributed by atoms with E-state index in [1.54, 1.807) is 26.2 Å². The monoisotopic (exact) mass is 350 g/mol. The van der Waals surface area contributed by atoms with Gasteiger partial charge >= 0.3 is 0 Å². The fourth-order valence-electron chi connectivity index (χ4n) is 4.01. The molecule has 4 rings (SSSR count). The Morgan fingerprint density at radius 2 is 1.77 bits per heavy atom. The first-order valence-electron chi connectivity index (χ1n) is 8.82. The number of hydrogen-bond donors (Lipinski definition) is 0. The minimum atomic E-state index is -0.0762. The van der Waals surface area contributed by atoms with Crippen molar-refractivity contribution in [1.82, 2.24) is 5.01 Å². The molecule has 0 radical (unpaired) electrons. The van der Waals surface area contributed by atoms with Crippen molar-refractivity contribution in [3.05, 3.63) is 59.2 Å². The second-order valence-electron chi connectivity index (χ2n) is 6.74. The van der Waals surface area contributed by atoms with Gasteiger partial charge in [0.25, 0.3) is 0 Å². The van der Waals surface area contributed by atoms with Crippen LogP contribution in [0.25, 0.3) is 0 Å². The zero-order valence-electron chi connectivity index (χ0n) is 15.2. The van der Waals surface area contributed by atoms with Crippen LogP contribution < -0.4 is 9.47 Å². The first kappa shape index (κ1) is 16.6. The molecule has 5 heteroatoms. The molecule has 26 heavy (non-hydrogen) atoms. The maximum absolute atomic E-state index is 12.3. The number of carbonyl (C=O) groups excluding carboxylic acids is 1. The predicted octanol–water partition coefficient (Wildman–Crippen LogP) is 3.57. The minimum absolute atomic E-state index is 0.0443. The lowest BCUT2D eigenvalue weighted by Gasteiger charge is -2.29. The van der Waals surface area contributed by atoms with Gasteiger partial charge in [-0.3, -0.25) is 4.79 Å². The highest BCUT2D eigenvalue weighted by molar-refractivity contribution is 6.07. The lowest BCUT2D eigenvalue weighted by molar-refractivity contribution is -0.131. The van der Waals surface area contributed by atoms with Gasteiger partial charge in [-0.05, 0) is 48.2 Å². The number of ether oxygens (including phenoxy) is 2. The molecule has 0 spiro atoms. The smallest absolute Gasteiger partial charge is 0.240 e. The molecule has 5 nitrogen and oxygen atoms in total. The topological polar surface area (TPSA) is 51.1 Å². The lowest BCUT2D eigenvalue weighted by Crippen LogP contribution is -2.31. The molecule has 1 unspecified atom stereocenters. The van der Waals surface area contributed by atoms with Crippen LogP contribution in [0.5, 0.6) is 11.5 Å². The van der Waals surface area contributed by atoms with Crippen LogP contribution in [-0.2, 0) is 11.2 Å². The van der Waals surface area contributed by atoms with E-state index in [1.807, 2.05) is 36.4 Å². The van der Waals surface area contributed by atoms with Crippen molar-refractivity contribution in [3.8, 4) is 11.5 Å². The molecule has 1 heterocycles. The van der Waals surface area contributed by atoms with Gasteiger partial charge in [0.2, 0.25) is 5.91 Å². The number of hydrazone groups is 1. The van der Waals surface area contributed by atoms with E-state index < -0.39 is 0 Å². The zero-order chi connectivity index (χ0) is 18.3. The number of fused-ring (bicyclic) bond motifs is 3. The highest BCUT2D eigenvalue weighted by Gasteiger charge is 2.43. The number of benzene rings is 2. The van der Waals surface area contributed by atoms with Crippen molar-refractivity contribution in [1.29, 1.82) is 0 Å². The van der Waals surface area contributed by atoms with E-state index in [1.165, 1.54) is 5.56 Å². The van der Waals surface area contributed by atoms with E-state index in [9.17, 15) is 4.79 Å². The lowest BCUT2D eigenvalue weighted by atomic mass is 9.77. The number of rotatable bonds is 3. The number of nitrogens with zero attached hydrogens (tertiary/aromatic N) is 2. The number of amides is 1. The molecule has 0 saturated carbocycles. The molecule has 2 aromatic carbocycles. The van der Waals surface area contributed by atoms with Crippen LogP contribution in [0.15, 0.2) is 47.6 Å². The fraction of sp³-hybridized carbons (Fsp3) is 0.333. The van der Waals surface area contributed by atoms with Crippen LogP contribution in [0.1, 0.15) is 36.1 Å². The predicted molar refractivity (Wildman–Crippen MR) is 99.6 cm³/mol. The second-order valence-corrected chi connectivity index (χ2v) is 6.74. The Morgan fingerprint density at radius 3 is 2.42 bits per heavy atom. The maximum Gasteiger partial charge on any atom is 0.240 e. The molecule has 0 N–H and O–H groups in total. The summed E-state index contributed by atoms with van der Waals surface area (Å²) >= 11 is 0. The van der Waals surface area contributed by atoms with E-state index >= 15 is 0 Å². The molecular weight excluding hydrogens is 328 g/mol. The van der Waals surface area contributed by atoms with Crippen molar-refractivity contribution in [2.75, 3.05) is 14.2 Å². The molecule has 1 amide bonds. The Balaban J connectivity index is 1.77. The zero-order valence-corrected chi connectivity index (χ0v) is 15.2. The Bertz CT molecular complexity index is 873. The third-order valence-electron chi connectivity index (χ3n) is 5.31. The van der Waals surface area contributed by atoms with E-state index in [-0.39, 0.29) is 17.9 Å². The van der Waals surface area contributed by atoms with Crippen molar-refractivity contribution < 1.29 is 14.3 Å². The molecule has 134 valence electrons. The summed E-state index contributed by atoms with van der Waals surface area (Å²) in [5.41, 5.74) is 4.43. The summed E-state index contributed by atoms with van der Waals surface area (Å²) in [6.07, 6.45) is 1.94. The molecule has 2 atom stereocenters. The van der Waals surface area contributed by atoms with E-state index in [0.717, 1.165) is 41.2 Å². The first-order chi connectivity index (χ1) is 12.6. The van der Waals surface area contributed by atoms with Gasteiger partial charge in [-0.25, -0.2) is 5.01 Å². The van der Waals surface area contributed by atoms with Gasteiger partial charge in [-0.15, -0.1) is 0 Å². The van der Waals surface area contributed by atoms with Crippen molar-refractivity contribution in [2.24, 2.45) is 11.0 Å². The Hall–Kier alpha value is -2.82. The molecule has 2 aromatic rings. The summed E-state index contributed by atoms with van der Waals surface area (Å²) in [4.78, 5) is 12.3. The van der Waals surface area contributed by atoms with Gasteiger partial charge in [0.1, 0.15) is 11.5 Å². The normalized spacial score (nSPS) is 20.9. The molecule has 0 aromatic heterocycles. The van der Waals surface area contributed by atoms with Crippen LogP contribution in [-0.4, -0.2) is 30.8 Å². The third kappa shape index (κ3) is 2.64. The van der Waals surface area contributed by atoms with Crippen molar-refractivity contribution >= 4 is 11.6 Å². The van der Waals surface area contributed by atoms with Crippen LogP contribution >= 0.6 is 0 Å². The maximum atomic E-state index is 12.3. The second kappa shape index (κ2) is 6.48. The SMILES string of the molecule is COc1ccc(C2[C@@H]3CCc4ccc(OC)cc4C3=NN2C(C)=O)cc1. The van der Waals surface area contributed by atoms with Crippen molar-refractivity contribution in [3.63, 3.8) is 0 Å². The average Bonchev–Trinajstić information content (AvgIpc) is 3.08. The van der Waals surface area contributed by atoms with E-state index in [4.69, 9.17) is 14.6 Å². The highest BCUT2D eigenvalue weighted by Crippen LogP contribution is 2.44. The molecular formula is C21H22N2O3. The Morgan fingerprint density at radius 1 is 1.08 bits per heavy atom. The minimum Gasteiger partial charge on any atom is -0.497 e. The van der Waals surface area contributed by atoms with Crippen LogP contribution in [0, 0.1) is 5.92 Å². The summed E-state index contributed by atoms with van der Waals surface area (Å²) in [6, 6.07) is 14.0. The number of methoxy groups -OCH3 is 2. The largest absolute Gasteiger partial charge is 0.497 e. The van der Waals surface area contributed by atoms with Gasteiger partial charge in [0.15, 0.2) is 0 Å². The van der Waals surface area contributed by atoms with E-state index in [2.05, 4.69) is 6.07 Å².